The summed E-state index contributed by atoms with van der Waals surface area (Å²) in [4.78, 5) is 16.6. The van der Waals surface area contributed by atoms with Crippen molar-refractivity contribution in [3.8, 4) is 6.07 Å². The second-order valence-corrected chi connectivity index (χ2v) is 7.62. The number of hydrogen-bond donors (Lipinski definition) is 1. The van der Waals surface area contributed by atoms with Crippen molar-refractivity contribution in [2.75, 3.05) is 11.6 Å². The smallest absolute Gasteiger partial charge is 0.252 e. The molecule has 1 amide bonds. The minimum atomic E-state index is -0.398. The van der Waals surface area contributed by atoms with E-state index in [0.29, 0.717) is 23.6 Å². The highest BCUT2D eigenvalue weighted by molar-refractivity contribution is 6.00. The van der Waals surface area contributed by atoms with Crippen molar-refractivity contribution in [2.24, 2.45) is 5.10 Å². The SMILES string of the molecule is CCN(/N=C/c1ccc2c(c1)C(C)(C)NC2=O)c1ncc(C)n2c(C#N)ccc12. The lowest BCUT2D eigenvalue weighted by atomic mass is 9.93. The second-order valence-electron chi connectivity index (χ2n) is 7.62. The Kier molecular flexibility index (Phi) is 4.35. The fourth-order valence-corrected chi connectivity index (χ4v) is 3.75. The third kappa shape index (κ3) is 3.03. The maximum absolute atomic E-state index is 12.1. The molecule has 1 aliphatic rings. The number of benzene rings is 1. The van der Waals surface area contributed by atoms with Gasteiger partial charge in [-0.1, -0.05) is 6.07 Å². The monoisotopic (exact) mass is 386 g/mol. The topological polar surface area (TPSA) is 85.8 Å². The van der Waals surface area contributed by atoms with E-state index in [0.717, 1.165) is 22.3 Å². The van der Waals surface area contributed by atoms with Gasteiger partial charge in [0.1, 0.15) is 11.8 Å². The van der Waals surface area contributed by atoms with Gasteiger partial charge in [0.2, 0.25) is 0 Å². The van der Waals surface area contributed by atoms with Crippen LogP contribution in [0.5, 0.6) is 0 Å². The van der Waals surface area contributed by atoms with Crippen molar-refractivity contribution in [2.45, 2.75) is 33.2 Å². The van der Waals surface area contributed by atoms with E-state index in [4.69, 9.17) is 0 Å². The molecule has 0 fully saturated rings. The van der Waals surface area contributed by atoms with E-state index in [9.17, 15) is 10.1 Å². The number of nitriles is 1. The summed E-state index contributed by atoms with van der Waals surface area (Å²) in [5.74, 6) is 0.644. The molecule has 29 heavy (non-hydrogen) atoms. The number of carbonyl (C=O) groups is 1. The first-order valence-corrected chi connectivity index (χ1v) is 9.51. The van der Waals surface area contributed by atoms with Gasteiger partial charge in [0.15, 0.2) is 5.82 Å². The predicted molar refractivity (Wildman–Crippen MR) is 112 cm³/mol. The lowest BCUT2D eigenvalue weighted by molar-refractivity contribution is 0.0940. The molecule has 1 aliphatic heterocycles. The standard InChI is InChI=1S/C22H22N6O/c1-5-27(20-19-9-7-16(11-23)28(19)14(2)12-24-20)25-13-15-6-8-17-18(10-15)22(3,4)26-21(17)29/h6-10,12-13H,5H2,1-4H3,(H,26,29)/b25-13+. The summed E-state index contributed by atoms with van der Waals surface area (Å²) in [6.45, 7) is 8.51. The number of nitrogens with one attached hydrogen (secondary N) is 1. The molecule has 0 bridgehead atoms. The zero-order valence-corrected chi connectivity index (χ0v) is 16.9. The largest absolute Gasteiger partial charge is 0.343 e. The van der Waals surface area contributed by atoms with Crippen LogP contribution in [0.4, 0.5) is 5.82 Å². The number of amides is 1. The van der Waals surface area contributed by atoms with E-state index in [1.807, 2.05) is 56.4 Å². The van der Waals surface area contributed by atoms with E-state index >= 15 is 0 Å². The van der Waals surface area contributed by atoms with Gasteiger partial charge in [-0.2, -0.15) is 10.4 Å². The van der Waals surface area contributed by atoms with Crippen molar-refractivity contribution in [1.82, 2.24) is 14.7 Å². The Hall–Kier alpha value is -3.66. The Morgan fingerprint density at radius 2 is 2.14 bits per heavy atom. The number of carbonyl (C=O) groups excluding carboxylic acids is 1. The minimum Gasteiger partial charge on any atom is -0.343 e. The lowest BCUT2D eigenvalue weighted by Gasteiger charge is -2.19. The van der Waals surface area contributed by atoms with Crippen LogP contribution in [-0.4, -0.2) is 28.1 Å². The van der Waals surface area contributed by atoms with Gasteiger partial charge in [-0.05, 0) is 63.1 Å². The van der Waals surface area contributed by atoms with Gasteiger partial charge in [0, 0.05) is 24.0 Å². The normalized spacial score (nSPS) is 14.8. The first kappa shape index (κ1) is 18.7. The molecule has 3 heterocycles. The number of aromatic nitrogens is 2. The minimum absolute atomic E-state index is 0.0450. The molecular weight excluding hydrogens is 364 g/mol. The number of nitrogens with zero attached hydrogens (tertiary/aromatic N) is 5. The predicted octanol–water partition coefficient (Wildman–Crippen LogP) is 3.35. The molecule has 7 heteroatoms. The van der Waals surface area contributed by atoms with E-state index in [-0.39, 0.29) is 5.91 Å². The molecule has 3 aromatic rings. The first-order chi connectivity index (χ1) is 13.9. The van der Waals surface area contributed by atoms with Crippen LogP contribution in [0.15, 0.2) is 41.6 Å². The number of hydrogen-bond acceptors (Lipinski definition) is 5. The van der Waals surface area contributed by atoms with E-state index in [1.165, 1.54) is 0 Å². The zero-order valence-electron chi connectivity index (χ0n) is 16.9. The molecule has 0 unspecified atom stereocenters. The lowest BCUT2D eigenvalue weighted by Crippen LogP contribution is -2.32. The molecule has 1 N–H and O–H groups in total. The van der Waals surface area contributed by atoms with E-state index in [2.05, 4.69) is 21.5 Å². The zero-order chi connectivity index (χ0) is 20.8. The Morgan fingerprint density at radius 3 is 2.86 bits per heavy atom. The molecule has 1 aromatic carbocycles. The van der Waals surface area contributed by atoms with Crippen LogP contribution in [-0.2, 0) is 5.54 Å². The fraction of sp³-hybridized carbons (Fsp3) is 0.273. The maximum Gasteiger partial charge on any atom is 0.252 e. The Bertz CT molecular complexity index is 1200. The summed E-state index contributed by atoms with van der Waals surface area (Å²) in [6, 6.07) is 11.6. The molecule has 0 atom stereocenters. The van der Waals surface area contributed by atoms with E-state index < -0.39 is 5.54 Å². The Balaban J connectivity index is 1.71. The fourth-order valence-electron chi connectivity index (χ4n) is 3.75. The summed E-state index contributed by atoms with van der Waals surface area (Å²) in [5, 5.41) is 18.8. The average Bonchev–Trinajstić information content (AvgIpc) is 3.23. The summed E-state index contributed by atoms with van der Waals surface area (Å²) < 4.78 is 1.88. The molecule has 4 rings (SSSR count). The molecule has 2 aromatic heterocycles. The van der Waals surface area contributed by atoms with Gasteiger partial charge in [-0.25, -0.2) is 9.99 Å². The highest BCUT2D eigenvalue weighted by Crippen LogP contribution is 2.31. The van der Waals surface area contributed by atoms with Crippen molar-refractivity contribution in [3.05, 3.63) is 64.6 Å². The summed E-state index contributed by atoms with van der Waals surface area (Å²) in [7, 11) is 0. The van der Waals surface area contributed by atoms with Crippen LogP contribution < -0.4 is 10.3 Å². The Labute approximate surface area is 169 Å². The van der Waals surface area contributed by atoms with E-state index in [1.54, 1.807) is 23.5 Å². The van der Waals surface area contributed by atoms with Crippen LogP contribution in [0.1, 0.15) is 53.6 Å². The quantitative estimate of drug-likeness (QED) is 0.550. The highest BCUT2D eigenvalue weighted by Gasteiger charge is 2.34. The van der Waals surface area contributed by atoms with Crippen molar-refractivity contribution < 1.29 is 4.79 Å². The summed E-state index contributed by atoms with van der Waals surface area (Å²) >= 11 is 0. The van der Waals surface area contributed by atoms with Gasteiger partial charge >= 0.3 is 0 Å². The molecule has 0 saturated heterocycles. The number of fused-ring (bicyclic) bond motifs is 2. The molecule has 7 nitrogen and oxygen atoms in total. The van der Waals surface area contributed by atoms with Crippen LogP contribution in [0, 0.1) is 18.3 Å². The van der Waals surface area contributed by atoms with Gasteiger partial charge in [-0.15, -0.1) is 0 Å². The number of hydrazone groups is 1. The van der Waals surface area contributed by atoms with Crippen molar-refractivity contribution in [1.29, 1.82) is 5.26 Å². The molecule has 0 saturated carbocycles. The van der Waals surface area contributed by atoms with Crippen LogP contribution in [0.2, 0.25) is 0 Å². The summed E-state index contributed by atoms with van der Waals surface area (Å²) in [5.41, 5.74) is 4.48. The molecule has 0 spiro atoms. The second kappa shape index (κ2) is 6.74. The van der Waals surface area contributed by atoms with Crippen LogP contribution >= 0.6 is 0 Å². The van der Waals surface area contributed by atoms with Crippen molar-refractivity contribution in [3.63, 3.8) is 0 Å². The maximum atomic E-state index is 12.1. The molecule has 0 aliphatic carbocycles. The van der Waals surface area contributed by atoms with Gasteiger partial charge in [0.05, 0.1) is 17.3 Å². The van der Waals surface area contributed by atoms with Crippen LogP contribution in [0.3, 0.4) is 0 Å². The number of rotatable bonds is 4. The number of aryl methyl sites for hydroxylation is 1. The van der Waals surface area contributed by atoms with Crippen molar-refractivity contribution >= 4 is 23.5 Å². The number of anilines is 1. The molecular formula is C22H22N6O. The summed E-state index contributed by atoms with van der Waals surface area (Å²) in [6.07, 6.45) is 3.52. The van der Waals surface area contributed by atoms with Gasteiger partial charge in [0.25, 0.3) is 5.91 Å². The van der Waals surface area contributed by atoms with Gasteiger partial charge < -0.3 is 9.72 Å². The molecule has 0 radical (unpaired) electrons. The first-order valence-electron chi connectivity index (χ1n) is 9.51. The van der Waals surface area contributed by atoms with Gasteiger partial charge in [-0.3, -0.25) is 4.79 Å². The average molecular weight is 386 g/mol. The molecule has 146 valence electrons. The highest BCUT2D eigenvalue weighted by atomic mass is 16.2. The third-order valence-corrected chi connectivity index (χ3v) is 5.23. The third-order valence-electron chi connectivity index (χ3n) is 5.23. The van der Waals surface area contributed by atoms with Crippen LogP contribution in [0.25, 0.3) is 5.52 Å². The Morgan fingerprint density at radius 1 is 1.34 bits per heavy atom.